The van der Waals surface area contributed by atoms with Crippen LogP contribution in [-0.2, 0) is 6.42 Å². The van der Waals surface area contributed by atoms with E-state index in [0.717, 1.165) is 5.56 Å². The van der Waals surface area contributed by atoms with E-state index in [-0.39, 0.29) is 11.5 Å². The lowest BCUT2D eigenvalue weighted by Gasteiger charge is -2.11. The van der Waals surface area contributed by atoms with Crippen LogP contribution in [0.4, 0.5) is 4.39 Å². The van der Waals surface area contributed by atoms with E-state index in [1.165, 1.54) is 12.1 Å². The third-order valence-corrected chi connectivity index (χ3v) is 3.24. The van der Waals surface area contributed by atoms with Gasteiger partial charge in [0.05, 0.1) is 17.1 Å². The van der Waals surface area contributed by atoms with Gasteiger partial charge in [-0.25, -0.2) is 9.18 Å². The summed E-state index contributed by atoms with van der Waals surface area (Å²) in [4.78, 5) is 16.5. The van der Waals surface area contributed by atoms with Crippen LogP contribution in [0.15, 0.2) is 47.3 Å². The van der Waals surface area contributed by atoms with Gasteiger partial charge in [0.25, 0.3) is 0 Å². The Bertz CT molecular complexity index is 807. The molecule has 0 saturated carbocycles. The van der Waals surface area contributed by atoms with Gasteiger partial charge in [0, 0.05) is 6.42 Å². The second-order valence-corrected chi connectivity index (χ2v) is 4.73. The maximum atomic E-state index is 13.1. The lowest BCUT2D eigenvalue weighted by Crippen LogP contribution is -2.02. The highest BCUT2D eigenvalue weighted by Crippen LogP contribution is 2.21. The van der Waals surface area contributed by atoms with Gasteiger partial charge < -0.3 is 15.1 Å². The van der Waals surface area contributed by atoms with Gasteiger partial charge >= 0.3 is 5.69 Å². The number of nitrogens with one attached hydrogen (secondary N) is 2. The van der Waals surface area contributed by atoms with Crippen molar-refractivity contribution in [3.05, 3.63) is 69.9 Å². The fourth-order valence-corrected chi connectivity index (χ4v) is 2.26. The number of benzene rings is 2. The van der Waals surface area contributed by atoms with E-state index >= 15 is 0 Å². The van der Waals surface area contributed by atoms with Gasteiger partial charge in [-0.3, -0.25) is 0 Å². The largest absolute Gasteiger partial charge is 0.388 e. The van der Waals surface area contributed by atoms with E-state index in [2.05, 4.69) is 9.97 Å². The molecule has 0 aliphatic carbocycles. The molecule has 0 aliphatic heterocycles. The Balaban J connectivity index is 1.88. The number of rotatable bonds is 3. The highest BCUT2D eigenvalue weighted by atomic mass is 19.1. The number of hydrogen-bond acceptors (Lipinski definition) is 2. The van der Waals surface area contributed by atoms with Gasteiger partial charge in [-0.2, -0.15) is 0 Å². The third-order valence-electron chi connectivity index (χ3n) is 3.24. The first-order chi connectivity index (χ1) is 9.61. The van der Waals surface area contributed by atoms with Crippen LogP contribution in [0.3, 0.4) is 0 Å². The average Bonchev–Trinajstić information content (AvgIpc) is 2.77. The Hall–Kier alpha value is -2.40. The first-order valence-electron chi connectivity index (χ1n) is 6.26. The van der Waals surface area contributed by atoms with E-state index in [4.69, 9.17) is 0 Å². The van der Waals surface area contributed by atoms with E-state index in [9.17, 15) is 14.3 Å². The first kappa shape index (κ1) is 12.6. The molecule has 0 spiro atoms. The fraction of sp³-hybridized carbons (Fsp3) is 0.133. The molecule has 0 saturated heterocycles. The zero-order valence-corrected chi connectivity index (χ0v) is 10.6. The van der Waals surface area contributed by atoms with Gasteiger partial charge in [0.15, 0.2) is 0 Å². The van der Waals surface area contributed by atoms with Crippen molar-refractivity contribution in [3.8, 4) is 0 Å². The molecule has 102 valence electrons. The van der Waals surface area contributed by atoms with Crippen LogP contribution in [0.5, 0.6) is 0 Å². The Morgan fingerprint density at radius 2 is 1.90 bits per heavy atom. The Morgan fingerprint density at radius 3 is 2.70 bits per heavy atom. The number of halogens is 1. The molecule has 0 radical (unpaired) electrons. The first-order valence-corrected chi connectivity index (χ1v) is 6.26. The van der Waals surface area contributed by atoms with Crippen molar-refractivity contribution in [1.82, 2.24) is 9.97 Å². The fourth-order valence-electron chi connectivity index (χ4n) is 2.26. The molecule has 4 nitrogen and oxygen atoms in total. The molecule has 20 heavy (non-hydrogen) atoms. The van der Waals surface area contributed by atoms with Crippen molar-refractivity contribution >= 4 is 11.0 Å². The topological polar surface area (TPSA) is 68.9 Å². The highest BCUT2D eigenvalue weighted by molar-refractivity contribution is 5.75. The van der Waals surface area contributed by atoms with E-state index in [0.29, 0.717) is 23.0 Å². The minimum absolute atomic E-state index is 0.281. The van der Waals surface area contributed by atoms with Crippen molar-refractivity contribution in [2.45, 2.75) is 12.5 Å². The summed E-state index contributed by atoms with van der Waals surface area (Å²) in [5.74, 6) is -0.319. The molecule has 0 fully saturated rings. The van der Waals surface area contributed by atoms with E-state index in [1.807, 2.05) is 0 Å². The van der Waals surface area contributed by atoms with Crippen LogP contribution >= 0.6 is 0 Å². The molecule has 3 rings (SSSR count). The number of aliphatic hydroxyl groups is 1. The van der Waals surface area contributed by atoms with Crippen LogP contribution in [-0.4, -0.2) is 15.1 Å². The van der Waals surface area contributed by atoms with Crippen LogP contribution < -0.4 is 5.69 Å². The molecule has 5 heteroatoms. The number of aromatic amines is 2. The SMILES string of the molecule is O=c1[nH]c2ccc(C(O)Cc3cccc(F)c3)cc2[nH]1. The summed E-state index contributed by atoms with van der Waals surface area (Å²) in [6, 6.07) is 11.4. The summed E-state index contributed by atoms with van der Waals surface area (Å²) < 4.78 is 13.1. The molecule has 1 aromatic heterocycles. The monoisotopic (exact) mass is 272 g/mol. The lowest BCUT2D eigenvalue weighted by atomic mass is 10.0. The summed E-state index contributed by atoms with van der Waals surface area (Å²) >= 11 is 0. The van der Waals surface area contributed by atoms with Gasteiger partial charge in [-0.15, -0.1) is 0 Å². The number of H-pyrrole nitrogens is 2. The van der Waals surface area contributed by atoms with Gasteiger partial charge in [0.1, 0.15) is 5.82 Å². The lowest BCUT2D eigenvalue weighted by molar-refractivity contribution is 0.178. The quantitative estimate of drug-likeness (QED) is 0.684. The third kappa shape index (κ3) is 2.48. The van der Waals surface area contributed by atoms with Gasteiger partial charge in [0.2, 0.25) is 0 Å². The summed E-state index contributed by atoms with van der Waals surface area (Å²) in [6.07, 6.45) is -0.433. The summed E-state index contributed by atoms with van der Waals surface area (Å²) in [5, 5.41) is 10.2. The van der Waals surface area contributed by atoms with Crippen LogP contribution in [0.25, 0.3) is 11.0 Å². The minimum Gasteiger partial charge on any atom is -0.388 e. The number of aromatic nitrogens is 2. The Labute approximate surface area is 113 Å². The molecular weight excluding hydrogens is 259 g/mol. The van der Waals surface area contributed by atoms with Crippen LogP contribution in [0.2, 0.25) is 0 Å². The maximum absolute atomic E-state index is 13.1. The molecule has 2 aromatic carbocycles. The molecule has 3 N–H and O–H groups in total. The minimum atomic E-state index is -0.750. The van der Waals surface area contributed by atoms with Gasteiger partial charge in [-0.05, 0) is 35.4 Å². The molecular formula is C15H13FN2O2. The number of imidazole rings is 1. The summed E-state index contributed by atoms with van der Waals surface area (Å²) in [6.45, 7) is 0. The molecule has 1 atom stereocenters. The second kappa shape index (κ2) is 4.94. The number of fused-ring (bicyclic) bond motifs is 1. The van der Waals surface area contributed by atoms with Crippen molar-refractivity contribution in [3.63, 3.8) is 0 Å². The highest BCUT2D eigenvalue weighted by Gasteiger charge is 2.10. The van der Waals surface area contributed by atoms with Crippen molar-refractivity contribution in [2.24, 2.45) is 0 Å². The zero-order chi connectivity index (χ0) is 14.1. The maximum Gasteiger partial charge on any atom is 0.323 e. The summed E-state index contributed by atoms with van der Waals surface area (Å²) in [5.41, 5.74) is 2.46. The Kier molecular flexibility index (Phi) is 3.12. The smallest absolute Gasteiger partial charge is 0.323 e. The molecule has 1 heterocycles. The van der Waals surface area contributed by atoms with Crippen molar-refractivity contribution < 1.29 is 9.50 Å². The standard InChI is InChI=1S/C15H13FN2O2/c16-11-3-1-2-9(6-11)7-14(19)10-4-5-12-13(8-10)18-15(20)17-12/h1-6,8,14,19H,7H2,(H2,17,18,20). The molecule has 0 aliphatic rings. The summed E-state index contributed by atoms with van der Waals surface area (Å²) in [7, 11) is 0. The molecule has 0 amide bonds. The zero-order valence-electron chi connectivity index (χ0n) is 10.6. The Morgan fingerprint density at radius 1 is 1.10 bits per heavy atom. The predicted octanol–water partition coefficient (Wildman–Crippen LogP) is 2.27. The second-order valence-electron chi connectivity index (χ2n) is 4.73. The number of hydrogen-bond donors (Lipinski definition) is 3. The van der Waals surface area contributed by atoms with E-state index in [1.54, 1.807) is 30.3 Å². The van der Waals surface area contributed by atoms with Crippen LogP contribution in [0.1, 0.15) is 17.2 Å². The average molecular weight is 272 g/mol. The van der Waals surface area contributed by atoms with Crippen molar-refractivity contribution in [2.75, 3.05) is 0 Å². The normalized spacial score (nSPS) is 12.7. The molecule has 0 bridgehead atoms. The van der Waals surface area contributed by atoms with Gasteiger partial charge in [-0.1, -0.05) is 18.2 Å². The van der Waals surface area contributed by atoms with Crippen LogP contribution in [0, 0.1) is 5.82 Å². The molecule has 1 unspecified atom stereocenters. The van der Waals surface area contributed by atoms with Crippen molar-refractivity contribution in [1.29, 1.82) is 0 Å². The number of aliphatic hydroxyl groups excluding tert-OH is 1. The predicted molar refractivity (Wildman–Crippen MR) is 74.0 cm³/mol. The molecule has 3 aromatic rings. The van der Waals surface area contributed by atoms with E-state index < -0.39 is 6.10 Å².